The molecule has 4 aromatic rings. The van der Waals surface area contributed by atoms with Gasteiger partial charge in [-0.05, 0) is 19.1 Å². The number of hydrogen-bond donors (Lipinski definition) is 0. The number of hydrogen-bond acceptors (Lipinski definition) is 2. The third-order valence-corrected chi connectivity index (χ3v) is 5.30. The molecule has 0 radical (unpaired) electrons. The summed E-state index contributed by atoms with van der Waals surface area (Å²) in [6.45, 7) is 3.37. The van der Waals surface area contributed by atoms with E-state index in [0.717, 1.165) is 12.1 Å². The highest BCUT2D eigenvalue weighted by molar-refractivity contribution is 6.07. The van der Waals surface area contributed by atoms with E-state index < -0.39 is 5.79 Å². The molecular formula is C23H21NO2. The van der Waals surface area contributed by atoms with Gasteiger partial charge in [-0.25, -0.2) is 0 Å². The number of nitrogens with zero attached hydrogens (tertiary/aromatic N) is 1. The second-order valence-electron chi connectivity index (χ2n) is 7.01. The molecule has 1 fully saturated rings. The Morgan fingerprint density at radius 2 is 1.42 bits per heavy atom. The summed E-state index contributed by atoms with van der Waals surface area (Å²) in [5.41, 5.74) is 3.54. The van der Waals surface area contributed by atoms with Crippen molar-refractivity contribution >= 4 is 21.8 Å². The molecule has 0 bridgehead atoms. The summed E-state index contributed by atoms with van der Waals surface area (Å²) in [6.07, 6.45) is 0.0134. The van der Waals surface area contributed by atoms with Crippen molar-refractivity contribution in [3.05, 3.63) is 84.4 Å². The molecule has 3 aromatic carbocycles. The topological polar surface area (TPSA) is 23.4 Å². The van der Waals surface area contributed by atoms with Crippen molar-refractivity contribution in [3.63, 3.8) is 0 Å². The van der Waals surface area contributed by atoms with Crippen LogP contribution in [0.5, 0.6) is 0 Å². The minimum atomic E-state index is -0.676. The number of rotatable bonds is 3. The Morgan fingerprint density at radius 1 is 0.846 bits per heavy atom. The van der Waals surface area contributed by atoms with Gasteiger partial charge in [-0.3, -0.25) is 0 Å². The maximum atomic E-state index is 6.36. The van der Waals surface area contributed by atoms with Crippen molar-refractivity contribution in [2.75, 3.05) is 6.61 Å². The predicted molar refractivity (Wildman–Crippen MR) is 104 cm³/mol. The molecule has 0 unspecified atom stereocenters. The maximum Gasteiger partial charge on any atom is 0.192 e. The van der Waals surface area contributed by atoms with Gasteiger partial charge in [0, 0.05) is 27.4 Å². The summed E-state index contributed by atoms with van der Waals surface area (Å²) in [7, 11) is 0. The predicted octanol–water partition coefficient (Wildman–Crippen LogP) is 5.08. The van der Waals surface area contributed by atoms with E-state index in [-0.39, 0.29) is 6.10 Å². The fourth-order valence-corrected chi connectivity index (χ4v) is 4.02. The van der Waals surface area contributed by atoms with Crippen molar-refractivity contribution in [3.8, 4) is 0 Å². The standard InChI is InChI=1S/C23H21NO2/c1-23(17-9-3-2-4-10-17)25-16-18(26-23)15-24-21-13-7-5-11-19(21)20-12-6-8-14-22(20)24/h2-14,18H,15-16H2,1H3/t18-,23-/m1/s1. The molecule has 0 N–H and O–H groups in total. The van der Waals surface area contributed by atoms with Gasteiger partial charge in [0.15, 0.2) is 5.79 Å². The lowest BCUT2D eigenvalue weighted by molar-refractivity contribution is -0.162. The molecule has 0 spiro atoms. The van der Waals surface area contributed by atoms with E-state index in [0.29, 0.717) is 6.61 Å². The zero-order chi connectivity index (χ0) is 17.6. The molecule has 3 nitrogen and oxygen atoms in total. The summed E-state index contributed by atoms with van der Waals surface area (Å²) >= 11 is 0. The van der Waals surface area contributed by atoms with Gasteiger partial charge in [-0.2, -0.15) is 0 Å². The highest BCUT2D eigenvalue weighted by Gasteiger charge is 2.39. The van der Waals surface area contributed by atoms with Gasteiger partial charge < -0.3 is 14.0 Å². The third kappa shape index (κ3) is 2.44. The number of para-hydroxylation sites is 2. The Labute approximate surface area is 152 Å². The Hall–Kier alpha value is -2.62. The fraction of sp³-hybridized carbons (Fsp3) is 0.217. The Balaban J connectivity index is 1.51. The van der Waals surface area contributed by atoms with Crippen LogP contribution in [0, 0.1) is 0 Å². The van der Waals surface area contributed by atoms with Crippen molar-refractivity contribution in [2.24, 2.45) is 0 Å². The maximum absolute atomic E-state index is 6.36. The van der Waals surface area contributed by atoms with Crippen LogP contribution in [0.15, 0.2) is 78.9 Å². The molecule has 130 valence electrons. The van der Waals surface area contributed by atoms with E-state index in [1.807, 2.05) is 25.1 Å². The van der Waals surface area contributed by atoms with Crippen LogP contribution in [0.1, 0.15) is 12.5 Å². The zero-order valence-electron chi connectivity index (χ0n) is 14.8. The number of fused-ring (bicyclic) bond motifs is 3. The van der Waals surface area contributed by atoms with Crippen molar-refractivity contribution in [1.82, 2.24) is 4.57 Å². The molecule has 3 heteroatoms. The van der Waals surface area contributed by atoms with Gasteiger partial charge in [-0.15, -0.1) is 0 Å². The van der Waals surface area contributed by atoms with Crippen LogP contribution in [-0.2, 0) is 21.8 Å². The normalized spacial score (nSPS) is 23.0. The van der Waals surface area contributed by atoms with Crippen LogP contribution >= 0.6 is 0 Å². The molecule has 0 saturated carbocycles. The Kier molecular flexibility index (Phi) is 3.59. The smallest absolute Gasteiger partial charge is 0.192 e. The Bertz CT molecular complexity index is 1020. The van der Waals surface area contributed by atoms with Crippen LogP contribution in [-0.4, -0.2) is 17.3 Å². The number of benzene rings is 3. The van der Waals surface area contributed by atoms with Crippen molar-refractivity contribution in [1.29, 1.82) is 0 Å². The van der Waals surface area contributed by atoms with E-state index in [9.17, 15) is 0 Å². The van der Waals surface area contributed by atoms with E-state index in [2.05, 4.69) is 65.2 Å². The average molecular weight is 343 g/mol. The average Bonchev–Trinajstić information content (AvgIpc) is 3.23. The van der Waals surface area contributed by atoms with Crippen LogP contribution in [0.2, 0.25) is 0 Å². The SMILES string of the molecule is C[C@@]1(c2ccccc2)OC[C@@H](Cn2c3ccccc3c3ccccc32)O1. The molecule has 1 aliphatic heterocycles. The largest absolute Gasteiger partial charge is 0.343 e. The second-order valence-corrected chi connectivity index (χ2v) is 7.01. The first-order chi connectivity index (χ1) is 12.7. The van der Waals surface area contributed by atoms with Gasteiger partial charge in [0.25, 0.3) is 0 Å². The highest BCUT2D eigenvalue weighted by Crippen LogP contribution is 2.36. The monoisotopic (exact) mass is 343 g/mol. The van der Waals surface area contributed by atoms with Crippen LogP contribution in [0.4, 0.5) is 0 Å². The zero-order valence-corrected chi connectivity index (χ0v) is 14.8. The lowest BCUT2D eigenvalue weighted by Gasteiger charge is -2.24. The summed E-state index contributed by atoms with van der Waals surface area (Å²) in [5.74, 6) is -0.676. The van der Waals surface area contributed by atoms with E-state index in [1.54, 1.807) is 0 Å². The Morgan fingerprint density at radius 3 is 2.08 bits per heavy atom. The van der Waals surface area contributed by atoms with E-state index in [1.165, 1.54) is 21.8 Å². The minimum Gasteiger partial charge on any atom is -0.343 e. The molecule has 1 aliphatic rings. The summed E-state index contributed by atoms with van der Waals surface area (Å²) < 4.78 is 14.8. The summed E-state index contributed by atoms with van der Waals surface area (Å²) in [5, 5.41) is 2.57. The van der Waals surface area contributed by atoms with Gasteiger partial charge in [0.05, 0.1) is 13.2 Å². The van der Waals surface area contributed by atoms with Gasteiger partial charge in [0.1, 0.15) is 6.10 Å². The van der Waals surface area contributed by atoms with E-state index in [4.69, 9.17) is 9.47 Å². The lowest BCUT2D eigenvalue weighted by Crippen LogP contribution is -2.25. The first kappa shape index (κ1) is 15.6. The molecule has 2 atom stereocenters. The molecule has 1 saturated heterocycles. The number of aromatic nitrogens is 1. The third-order valence-electron chi connectivity index (χ3n) is 5.30. The molecule has 26 heavy (non-hydrogen) atoms. The second kappa shape index (κ2) is 5.97. The molecule has 1 aromatic heterocycles. The van der Waals surface area contributed by atoms with Crippen LogP contribution in [0.25, 0.3) is 21.8 Å². The van der Waals surface area contributed by atoms with Crippen LogP contribution in [0.3, 0.4) is 0 Å². The molecular weight excluding hydrogens is 322 g/mol. The first-order valence-corrected chi connectivity index (χ1v) is 9.08. The van der Waals surface area contributed by atoms with Crippen LogP contribution < -0.4 is 0 Å². The minimum absolute atomic E-state index is 0.0134. The number of ether oxygens (including phenoxy) is 2. The summed E-state index contributed by atoms with van der Waals surface area (Å²) in [6, 6.07) is 27.3. The fourth-order valence-electron chi connectivity index (χ4n) is 4.02. The molecule has 0 amide bonds. The van der Waals surface area contributed by atoms with Gasteiger partial charge in [0.2, 0.25) is 0 Å². The van der Waals surface area contributed by atoms with Crippen molar-refractivity contribution in [2.45, 2.75) is 25.4 Å². The lowest BCUT2D eigenvalue weighted by atomic mass is 10.1. The first-order valence-electron chi connectivity index (χ1n) is 9.08. The van der Waals surface area contributed by atoms with Crippen molar-refractivity contribution < 1.29 is 9.47 Å². The highest BCUT2D eigenvalue weighted by atomic mass is 16.7. The molecule has 5 rings (SSSR count). The van der Waals surface area contributed by atoms with E-state index >= 15 is 0 Å². The van der Waals surface area contributed by atoms with Gasteiger partial charge >= 0.3 is 0 Å². The molecule has 2 heterocycles. The molecule has 0 aliphatic carbocycles. The van der Waals surface area contributed by atoms with Gasteiger partial charge in [-0.1, -0.05) is 66.7 Å². The summed E-state index contributed by atoms with van der Waals surface area (Å²) in [4.78, 5) is 0. The quantitative estimate of drug-likeness (QED) is 0.518.